The zero-order valence-corrected chi connectivity index (χ0v) is 9.45. The molecule has 16 heavy (non-hydrogen) atoms. The van der Waals surface area contributed by atoms with E-state index in [2.05, 4.69) is 6.58 Å². The number of ether oxygens (including phenoxy) is 1. The number of hydrogen-bond acceptors (Lipinski definition) is 3. The van der Waals surface area contributed by atoms with E-state index in [0.29, 0.717) is 5.75 Å². The number of esters is 1. The summed E-state index contributed by atoms with van der Waals surface area (Å²) in [5.41, 5.74) is 1.94. The molecule has 0 spiro atoms. The van der Waals surface area contributed by atoms with Gasteiger partial charge in [-0.1, -0.05) is 24.3 Å². The Hall–Kier alpha value is -1.90. The number of rotatable bonds is 4. The minimum atomic E-state index is -0.532. The van der Waals surface area contributed by atoms with E-state index < -0.39 is 5.97 Å². The van der Waals surface area contributed by atoms with Gasteiger partial charge in [-0.15, -0.1) is 0 Å². The Morgan fingerprint density at radius 2 is 1.75 bits per heavy atom. The van der Waals surface area contributed by atoms with E-state index in [0.717, 1.165) is 11.1 Å². The van der Waals surface area contributed by atoms with Crippen molar-refractivity contribution >= 4 is 17.3 Å². The largest absolute Gasteiger partial charge is 0.426 e. The van der Waals surface area contributed by atoms with Gasteiger partial charge >= 0.3 is 5.97 Å². The fourth-order valence-corrected chi connectivity index (χ4v) is 1.18. The molecule has 0 fully saturated rings. The molecule has 0 N–H and O–H groups in total. The van der Waals surface area contributed by atoms with Gasteiger partial charge in [-0.25, -0.2) is 0 Å². The molecule has 0 aliphatic rings. The molecule has 0 saturated heterocycles. The Morgan fingerprint density at radius 1 is 1.19 bits per heavy atom. The Labute approximate surface area is 94.7 Å². The smallest absolute Gasteiger partial charge is 0.318 e. The maximum Gasteiger partial charge on any atom is 0.318 e. The van der Waals surface area contributed by atoms with Crippen molar-refractivity contribution in [2.75, 3.05) is 0 Å². The van der Waals surface area contributed by atoms with Crippen molar-refractivity contribution in [3.8, 4) is 5.75 Å². The third-order valence-corrected chi connectivity index (χ3v) is 1.97. The van der Waals surface area contributed by atoms with E-state index in [9.17, 15) is 9.59 Å². The fourth-order valence-electron chi connectivity index (χ4n) is 1.18. The first-order chi connectivity index (χ1) is 7.49. The molecular weight excluding hydrogens is 204 g/mol. The third kappa shape index (κ3) is 3.69. The first-order valence-electron chi connectivity index (χ1n) is 4.95. The Kier molecular flexibility index (Phi) is 4.00. The average molecular weight is 218 g/mol. The van der Waals surface area contributed by atoms with Crippen LogP contribution in [-0.4, -0.2) is 11.8 Å². The number of benzene rings is 1. The first kappa shape index (κ1) is 12.2. The maximum atomic E-state index is 11.2. The van der Waals surface area contributed by atoms with Crippen LogP contribution in [0, 0.1) is 0 Å². The lowest BCUT2D eigenvalue weighted by Crippen LogP contribution is -2.11. The van der Waals surface area contributed by atoms with Crippen molar-refractivity contribution in [2.24, 2.45) is 0 Å². The van der Waals surface area contributed by atoms with Crippen molar-refractivity contribution in [1.29, 1.82) is 0 Å². The number of Topliss-reactive ketones (excluding diaryl/α,β-unsaturated/α-hetero) is 1. The van der Waals surface area contributed by atoms with Crippen molar-refractivity contribution in [3.63, 3.8) is 0 Å². The lowest BCUT2D eigenvalue weighted by molar-refractivity contribution is -0.137. The Balaban J connectivity index is 2.65. The van der Waals surface area contributed by atoms with Gasteiger partial charge in [0.05, 0.1) is 0 Å². The predicted octanol–water partition coefficient (Wildman–Crippen LogP) is 2.60. The van der Waals surface area contributed by atoms with Crippen molar-refractivity contribution in [3.05, 3.63) is 36.4 Å². The molecule has 1 aromatic carbocycles. The summed E-state index contributed by atoms with van der Waals surface area (Å²) in [6.07, 6.45) is -0.192. The van der Waals surface area contributed by atoms with Crippen molar-refractivity contribution in [2.45, 2.75) is 20.3 Å². The van der Waals surface area contributed by atoms with E-state index in [4.69, 9.17) is 4.74 Å². The number of carbonyl (C=O) groups is 2. The van der Waals surface area contributed by atoms with E-state index in [1.807, 2.05) is 19.1 Å². The van der Waals surface area contributed by atoms with Crippen LogP contribution in [0.5, 0.6) is 5.75 Å². The van der Waals surface area contributed by atoms with Gasteiger partial charge in [-0.2, -0.15) is 0 Å². The average Bonchev–Trinajstić information content (AvgIpc) is 2.16. The van der Waals surface area contributed by atoms with Crippen LogP contribution in [0.2, 0.25) is 0 Å². The summed E-state index contributed by atoms with van der Waals surface area (Å²) in [4.78, 5) is 21.9. The SMILES string of the molecule is C=C(C)c1ccc(OC(=O)CC(C)=O)cc1. The third-order valence-electron chi connectivity index (χ3n) is 1.97. The summed E-state index contributed by atoms with van der Waals surface area (Å²) in [6.45, 7) is 7.06. The van der Waals surface area contributed by atoms with Crippen molar-refractivity contribution < 1.29 is 14.3 Å². The van der Waals surface area contributed by atoms with Gasteiger partial charge < -0.3 is 4.74 Å². The highest BCUT2D eigenvalue weighted by Crippen LogP contribution is 2.17. The Bertz CT molecular complexity index is 415. The number of hydrogen-bond donors (Lipinski definition) is 0. The number of ketones is 1. The Morgan fingerprint density at radius 3 is 2.19 bits per heavy atom. The second-order valence-electron chi connectivity index (χ2n) is 3.66. The standard InChI is InChI=1S/C13H14O3/c1-9(2)11-4-6-12(7-5-11)16-13(15)8-10(3)14/h4-7H,1,8H2,2-3H3. The van der Waals surface area contributed by atoms with Crippen LogP contribution in [0.15, 0.2) is 30.8 Å². The topological polar surface area (TPSA) is 43.4 Å². The molecule has 84 valence electrons. The van der Waals surface area contributed by atoms with Crippen LogP contribution < -0.4 is 4.74 Å². The lowest BCUT2D eigenvalue weighted by Gasteiger charge is -2.04. The summed E-state index contributed by atoms with van der Waals surface area (Å²) < 4.78 is 4.97. The molecule has 0 radical (unpaired) electrons. The molecule has 0 aliphatic heterocycles. The highest BCUT2D eigenvalue weighted by molar-refractivity contribution is 5.94. The molecular formula is C13H14O3. The van der Waals surface area contributed by atoms with Gasteiger partial charge in [0.1, 0.15) is 18.0 Å². The molecule has 1 rings (SSSR count). The summed E-state index contributed by atoms with van der Waals surface area (Å²) in [5.74, 6) is -0.296. The normalized spacial score (nSPS) is 9.62. The van der Waals surface area contributed by atoms with Gasteiger partial charge in [0.25, 0.3) is 0 Å². The van der Waals surface area contributed by atoms with Crippen LogP contribution in [0.4, 0.5) is 0 Å². The molecule has 0 heterocycles. The van der Waals surface area contributed by atoms with Gasteiger partial charge in [0, 0.05) is 0 Å². The summed E-state index contributed by atoms with van der Waals surface area (Å²) in [5, 5.41) is 0. The molecule has 0 atom stereocenters. The molecule has 0 bridgehead atoms. The highest BCUT2D eigenvalue weighted by atomic mass is 16.5. The second kappa shape index (κ2) is 5.26. The van der Waals surface area contributed by atoms with Crippen LogP contribution in [0.25, 0.3) is 5.57 Å². The number of allylic oxidation sites excluding steroid dienone is 1. The molecule has 0 aromatic heterocycles. The highest BCUT2D eigenvalue weighted by Gasteiger charge is 2.07. The quantitative estimate of drug-likeness (QED) is 0.443. The van der Waals surface area contributed by atoms with Crippen LogP contribution >= 0.6 is 0 Å². The van der Waals surface area contributed by atoms with Gasteiger partial charge in [-0.05, 0) is 31.5 Å². The van der Waals surface area contributed by atoms with Crippen molar-refractivity contribution in [1.82, 2.24) is 0 Å². The fraction of sp³-hybridized carbons (Fsp3) is 0.231. The van der Waals surface area contributed by atoms with Crippen LogP contribution in [0.1, 0.15) is 25.8 Å². The molecule has 3 nitrogen and oxygen atoms in total. The zero-order chi connectivity index (χ0) is 12.1. The maximum absolute atomic E-state index is 11.2. The summed E-state index contributed by atoms with van der Waals surface area (Å²) >= 11 is 0. The molecule has 1 aromatic rings. The predicted molar refractivity (Wildman–Crippen MR) is 62.1 cm³/mol. The lowest BCUT2D eigenvalue weighted by atomic mass is 10.1. The molecule has 0 unspecified atom stereocenters. The van der Waals surface area contributed by atoms with Crippen LogP contribution in [0.3, 0.4) is 0 Å². The monoisotopic (exact) mass is 218 g/mol. The van der Waals surface area contributed by atoms with E-state index in [-0.39, 0.29) is 12.2 Å². The molecule has 0 amide bonds. The van der Waals surface area contributed by atoms with Crippen LogP contribution in [-0.2, 0) is 9.59 Å². The minimum absolute atomic E-state index is 0.192. The molecule has 0 saturated carbocycles. The second-order valence-corrected chi connectivity index (χ2v) is 3.66. The van der Waals surface area contributed by atoms with Gasteiger partial charge in [0.2, 0.25) is 0 Å². The number of carbonyl (C=O) groups excluding carboxylic acids is 2. The van der Waals surface area contributed by atoms with E-state index >= 15 is 0 Å². The van der Waals surface area contributed by atoms with E-state index in [1.54, 1.807) is 12.1 Å². The summed E-state index contributed by atoms with van der Waals surface area (Å²) in [7, 11) is 0. The van der Waals surface area contributed by atoms with E-state index in [1.165, 1.54) is 6.92 Å². The first-order valence-corrected chi connectivity index (χ1v) is 4.95. The summed E-state index contributed by atoms with van der Waals surface area (Å²) in [6, 6.07) is 7.00. The zero-order valence-electron chi connectivity index (χ0n) is 9.45. The van der Waals surface area contributed by atoms with Gasteiger partial charge in [-0.3, -0.25) is 9.59 Å². The van der Waals surface area contributed by atoms with Gasteiger partial charge in [0.15, 0.2) is 0 Å². The molecule has 3 heteroatoms. The minimum Gasteiger partial charge on any atom is -0.426 e. The molecule has 0 aliphatic carbocycles.